The number of nitrogens with one attached hydrogen (secondary N) is 1. The molecular formula is C21H30N6O4S2. The number of aromatic nitrogens is 3. The molecule has 0 spiro atoms. The van der Waals surface area contributed by atoms with Gasteiger partial charge in [0.1, 0.15) is 0 Å². The number of hydrogen-bond acceptors (Lipinski definition) is 8. The molecule has 2 fully saturated rings. The Hall–Kier alpha value is -2.15. The smallest absolute Gasteiger partial charge is 0.238 e. The molecule has 1 aromatic heterocycles. The van der Waals surface area contributed by atoms with Crippen LogP contribution in [0.15, 0.2) is 34.3 Å². The summed E-state index contributed by atoms with van der Waals surface area (Å²) in [5, 5.41) is 17.1. The first-order valence-corrected chi connectivity index (χ1v) is 13.6. The Labute approximate surface area is 198 Å². The van der Waals surface area contributed by atoms with Crippen molar-refractivity contribution >= 4 is 39.3 Å². The van der Waals surface area contributed by atoms with Crippen LogP contribution in [-0.4, -0.2) is 60.1 Å². The first-order valence-electron chi connectivity index (χ1n) is 11.2. The number of amides is 1. The zero-order valence-electron chi connectivity index (χ0n) is 18.6. The molecule has 0 aliphatic carbocycles. The summed E-state index contributed by atoms with van der Waals surface area (Å²) in [6.45, 7) is 5.17. The van der Waals surface area contributed by atoms with Crippen molar-refractivity contribution in [1.29, 1.82) is 0 Å². The Morgan fingerprint density at radius 1 is 1.21 bits per heavy atom. The molecule has 4 rings (SSSR count). The van der Waals surface area contributed by atoms with Crippen molar-refractivity contribution in [3.05, 3.63) is 24.3 Å². The molecule has 2 aliphatic heterocycles. The summed E-state index contributed by atoms with van der Waals surface area (Å²) in [4.78, 5) is 15.1. The molecular weight excluding hydrogens is 464 g/mol. The second-order valence-corrected chi connectivity index (χ2v) is 11.3. The average molecular weight is 495 g/mol. The summed E-state index contributed by atoms with van der Waals surface area (Å²) in [7, 11) is -3.78. The SMILES string of the molecule is CC(Sc1nnc(N2CCCCC2)n1CC1CCCO1)C(=O)Nc1ccc(S(N)(=O)=O)cc1. The summed E-state index contributed by atoms with van der Waals surface area (Å²) >= 11 is 1.35. The molecule has 2 aromatic rings. The quantitative estimate of drug-likeness (QED) is 0.534. The Morgan fingerprint density at radius 3 is 2.58 bits per heavy atom. The minimum absolute atomic E-state index is 0.00426. The molecule has 1 amide bonds. The molecule has 0 bridgehead atoms. The first-order chi connectivity index (χ1) is 15.8. The third kappa shape index (κ3) is 6.05. The predicted molar refractivity (Wildman–Crippen MR) is 127 cm³/mol. The standard InChI is InChI=1S/C21H30N6O4S2/c1-15(19(28)23-16-7-9-18(10-8-16)33(22,29)30)32-21-25-24-20(26-11-3-2-4-12-26)27(21)14-17-6-5-13-31-17/h7-10,15,17H,2-6,11-14H2,1H3,(H,23,28)(H2,22,29,30). The third-order valence-electron chi connectivity index (χ3n) is 5.85. The second-order valence-electron chi connectivity index (χ2n) is 8.39. The van der Waals surface area contributed by atoms with Crippen LogP contribution in [0.5, 0.6) is 0 Å². The Morgan fingerprint density at radius 2 is 1.94 bits per heavy atom. The zero-order valence-corrected chi connectivity index (χ0v) is 20.3. The van der Waals surface area contributed by atoms with E-state index in [1.807, 2.05) is 6.92 Å². The fourth-order valence-corrected chi connectivity index (χ4v) is 5.40. The van der Waals surface area contributed by atoms with E-state index in [-0.39, 0.29) is 16.9 Å². The summed E-state index contributed by atoms with van der Waals surface area (Å²) in [6.07, 6.45) is 5.69. The number of nitrogens with two attached hydrogens (primary N) is 1. The summed E-state index contributed by atoms with van der Waals surface area (Å²) in [5.41, 5.74) is 0.495. The molecule has 2 aliphatic rings. The van der Waals surface area contributed by atoms with Crippen molar-refractivity contribution in [2.24, 2.45) is 5.14 Å². The van der Waals surface area contributed by atoms with E-state index in [2.05, 4.69) is 25.0 Å². The highest BCUT2D eigenvalue weighted by Gasteiger charge is 2.27. The van der Waals surface area contributed by atoms with E-state index in [9.17, 15) is 13.2 Å². The molecule has 180 valence electrons. The highest BCUT2D eigenvalue weighted by atomic mass is 32.2. The van der Waals surface area contributed by atoms with E-state index in [1.54, 1.807) is 0 Å². The zero-order chi connectivity index (χ0) is 23.4. The summed E-state index contributed by atoms with van der Waals surface area (Å²) in [6, 6.07) is 5.77. The van der Waals surface area contributed by atoms with Gasteiger partial charge in [0.2, 0.25) is 21.9 Å². The van der Waals surface area contributed by atoms with Crippen LogP contribution in [0.25, 0.3) is 0 Å². The molecule has 10 nitrogen and oxygen atoms in total. The van der Waals surface area contributed by atoms with E-state index in [4.69, 9.17) is 9.88 Å². The van der Waals surface area contributed by atoms with Gasteiger partial charge in [-0.15, -0.1) is 10.2 Å². The maximum Gasteiger partial charge on any atom is 0.238 e. The molecule has 2 unspecified atom stereocenters. The Balaban J connectivity index is 1.46. The molecule has 0 radical (unpaired) electrons. The van der Waals surface area contributed by atoms with Crippen molar-refractivity contribution in [2.45, 2.75) is 67.0 Å². The van der Waals surface area contributed by atoms with E-state index in [0.29, 0.717) is 17.4 Å². The highest BCUT2D eigenvalue weighted by molar-refractivity contribution is 8.00. The monoisotopic (exact) mass is 494 g/mol. The molecule has 0 saturated carbocycles. The Kier molecular flexibility index (Phi) is 7.57. The number of ether oxygens (including phenoxy) is 1. The first kappa shape index (κ1) is 24.0. The lowest BCUT2D eigenvalue weighted by molar-refractivity contribution is -0.115. The highest BCUT2D eigenvalue weighted by Crippen LogP contribution is 2.29. The minimum Gasteiger partial charge on any atom is -0.376 e. The van der Waals surface area contributed by atoms with Gasteiger partial charge in [-0.1, -0.05) is 11.8 Å². The number of carbonyl (C=O) groups excluding carboxylic acids is 1. The number of piperidine rings is 1. The predicted octanol–water partition coefficient (Wildman–Crippen LogP) is 2.21. The molecule has 12 heteroatoms. The van der Waals surface area contributed by atoms with Crippen LogP contribution in [0.1, 0.15) is 39.0 Å². The number of thioether (sulfide) groups is 1. The number of anilines is 2. The summed E-state index contributed by atoms with van der Waals surface area (Å²) < 4.78 is 30.8. The number of nitrogens with zero attached hydrogens (tertiary/aromatic N) is 4. The van der Waals surface area contributed by atoms with Gasteiger partial charge in [-0.25, -0.2) is 13.6 Å². The topological polar surface area (TPSA) is 132 Å². The fourth-order valence-electron chi connectivity index (χ4n) is 4.03. The molecule has 2 saturated heterocycles. The van der Waals surface area contributed by atoms with E-state index in [0.717, 1.165) is 51.3 Å². The van der Waals surface area contributed by atoms with Crippen LogP contribution in [-0.2, 0) is 26.1 Å². The van der Waals surface area contributed by atoms with Crippen molar-refractivity contribution in [3.8, 4) is 0 Å². The third-order valence-corrected chi connectivity index (χ3v) is 7.86. The maximum absolute atomic E-state index is 12.8. The normalized spacial score (nSPS) is 20.1. The fraction of sp³-hybridized carbons (Fsp3) is 0.571. The summed E-state index contributed by atoms with van der Waals surface area (Å²) in [5.74, 6) is 0.633. The lowest BCUT2D eigenvalue weighted by atomic mass is 10.1. The van der Waals surface area contributed by atoms with Crippen molar-refractivity contribution in [3.63, 3.8) is 0 Å². The number of carbonyl (C=O) groups is 1. The van der Waals surface area contributed by atoms with Crippen LogP contribution >= 0.6 is 11.8 Å². The van der Waals surface area contributed by atoms with Gasteiger partial charge in [0.25, 0.3) is 0 Å². The van der Waals surface area contributed by atoms with Gasteiger partial charge in [0, 0.05) is 25.4 Å². The van der Waals surface area contributed by atoms with Crippen molar-refractivity contribution < 1.29 is 17.9 Å². The van der Waals surface area contributed by atoms with Crippen molar-refractivity contribution in [1.82, 2.24) is 14.8 Å². The number of benzene rings is 1. The second kappa shape index (κ2) is 10.4. The molecule has 2 atom stereocenters. The molecule has 3 N–H and O–H groups in total. The van der Waals surface area contributed by atoms with Gasteiger partial charge >= 0.3 is 0 Å². The van der Waals surface area contributed by atoms with E-state index in [1.165, 1.54) is 42.4 Å². The average Bonchev–Trinajstić information content (AvgIpc) is 3.45. The Bertz CT molecular complexity index is 1060. The molecule has 33 heavy (non-hydrogen) atoms. The van der Waals surface area contributed by atoms with Crippen LogP contribution in [0.3, 0.4) is 0 Å². The largest absolute Gasteiger partial charge is 0.376 e. The van der Waals surface area contributed by atoms with Gasteiger partial charge in [-0.2, -0.15) is 0 Å². The van der Waals surface area contributed by atoms with Gasteiger partial charge in [-0.3, -0.25) is 9.36 Å². The maximum atomic E-state index is 12.8. The van der Waals surface area contributed by atoms with Crippen LogP contribution in [0, 0.1) is 0 Å². The minimum atomic E-state index is -3.78. The van der Waals surface area contributed by atoms with Crippen LogP contribution < -0.4 is 15.4 Å². The van der Waals surface area contributed by atoms with E-state index >= 15 is 0 Å². The van der Waals surface area contributed by atoms with Gasteiger partial charge in [-0.05, 0) is 63.3 Å². The molecule has 3 heterocycles. The lowest BCUT2D eigenvalue weighted by Crippen LogP contribution is -2.33. The van der Waals surface area contributed by atoms with E-state index < -0.39 is 15.3 Å². The number of primary sulfonamides is 1. The number of hydrogen-bond donors (Lipinski definition) is 2. The van der Waals surface area contributed by atoms with Crippen LogP contribution in [0.4, 0.5) is 11.6 Å². The van der Waals surface area contributed by atoms with Gasteiger partial charge in [0.05, 0.1) is 22.8 Å². The van der Waals surface area contributed by atoms with Crippen molar-refractivity contribution in [2.75, 3.05) is 29.9 Å². The number of rotatable bonds is 8. The molecule has 1 aromatic carbocycles. The number of sulfonamides is 1. The van der Waals surface area contributed by atoms with Gasteiger partial charge < -0.3 is 15.0 Å². The van der Waals surface area contributed by atoms with Gasteiger partial charge in [0.15, 0.2) is 5.16 Å². The lowest BCUT2D eigenvalue weighted by Gasteiger charge is -2.28. The van der Waals surface area contributed by atoms with Crippen LogP contribution in [0.2, 0.25) is 0 Å².